The summed E-state index contributed by atoms with van der Waals surface area (Å²) in [6.07, 6.45) is 18.4. The van der Waals surface area contributed by atoms with Gasteiger partial charge in [-0.3, -0.25) is 0 Å². The van der Waals surface area contributed by atoms with Crippen LogP contribution in [0, 0.1) is 29.6 Å². The molecule has 3 aliphatic rings. The molecule has 3 aliphatic carbocycles. The number of rotatable bonds is 6. The maximum atomic E-state index is 5.64. The van der Waals surface area contributed by atoms with Crippen LogP contribution >= 0.6 is 0 Å². The van der Waals surface area contributed by atoms with Crippen molar-refractivity contribution in [1.82, 2.24) is 0 Å². The maximum absolute atomic E-state index is 5.64. The zero-order valence-corrected chi connectivity index (χ0v) is 17.5. The molecular formula is C27H38O. The summed E-state index contributed by atoms with van der Waals surface area (Å²) >= 11 is 0. The average Bonchev–Trinajstić information content (AvgIpc) is 2.77. The Labute approximate surface area is 172 Å². The maximum Gasteiger partial charge on any atom is 0.119 e. The van der Waals surface area contributed by atoms with Gasteiger partial charge in [0.2, 0.25) is 0 Å². The fraction of sp³-hybridized carbons (Fsp3) is 0.630. The second-order valence-corrected chi connectivity index (χ2v) is 9.68. The third-order valence-electron chi connectivity index (χ3n) is 8.19. The molecule has 0 radical (unpaired) electrons. The lowest BCUT2D eigenvalue weighted by atomic mass is 9.60. The van der Waals surface area contributed by atoms with Gasteiger partial charge in [0.25, 0.3) is 0 Å². The zero-order valence-electron chi connectivity index (χ0n) is 17.5. The first-order chi connectivity index (χ1) is 13.8. The molecule has 3 saturated carbocycles. The van der Waals surface area contributed by atoms with Gasteiger partial charge >= 0.3 is 0 Å². The number of fused-ring (bicyclic) bond motifs is 1. The van der Waals surface area contributed by atoms with Gasteiger partial charge in [-0.25, -0.2) is 0 Å². The molecule has 0 N–H and O–H groups in total. The first-order valence-corrected chi connectivity index (χ1v) is 11.7. The van der Waals surface area contributed by atoms with Crippen molar-refractivity contribution >= 4 is 0 Å². The predicted octanol–water partition coefficient (Wildman–Crippen LogP) is 7.54. The zero-order chi connectivity index (χ0) is 19.3. The van der Waals surface area contributed by atoms with Crippen LogP contribution in [0.25, 0.3) is 0 Å². The highest BCUT2D eigenvalue weighted by Gasteiger charge is 2.38. The molecule has 0 amide bonds. The summed E-state index contributed by atoms with van der Waals surface area (Å²) in [5.74, 6) is 6.52. The van der Waals surface area contributed by atoms with Crippen LogP contribution in [-0.2, 0) is 0 Å². The summed E-state index contributed by atoms with van der Waals surface area (Å²) in [6, 6.07) is 8.88. The minimum Gasteiger partial charge on any atom is -0.490 e. The number of hydrogen-bond acceptors (Lipinski definition) is 1. The molecule has 0 aromatic heterocycles. The lowest BCUT2D eigenvalue weighted by Crippen LogP contribution is -2.34. The van der Waals surface area contributed by atoms with E-state index in [4.69, 9.17) is 4.74 Å². The van der Waals surface area contributed by atoms with Crippen LogP contribution in [0.4, 0.5) is 0 Å². The van der Waals surface area contributed by atoms with E-state index in [2.05, 4.69) is 43.5 Å². The highest BCUT2D eigenvalue weighted by Crippen LogP contribution is 2.50. The normalized spacial score (nSPS) is 35.6. The van der Waals surface area contributed by atoms with Crippen molar-refractivity contribution in [2.24, 2.45) is 29.6 Å². The van der Waals surface area contributed by atoms with E-state index < -0.39 is 0 Å². The molecule has 0 bridgehead atoms. The van der Waals surface area contributed by atoms with Crippen LogP contribution in [0.1, 0.15) is 75.7 Å². The number of hydrogen-bond donors (Lipinski definition) is 0. The highest BCUT2D eigenvalue weighted by atomic mass is 16.5. The Bertz CT molecular complexity index is 637. The molecule has 0 aliphatic heterocycles. The third-order valence-corrected chi connectivity index (χ3v) is 8.19. The van der Waals surface area contributed by atoms with E-state index in [1.54, 1.807) is 6.08 Å². The summed E-state index contributed by atoms with van der Waals surface area (Å²) in [5.41, 5.74) is 1.52. The molecule has 4 unspecified atom stereocenters. The number of benzene rings is 1. The van der Waals surface area contributed by atoms with Gasteiger partial charge in [-0.2, -0.15) is 0 Å². The quantitative estimate of drug-likeness (QED) is 0.464. The fourth-order valence-corrected chi connectivity index (χ4v) is 6.50. The molecule has 1 heteroatoms. The monoisotopic (exact) mass is 378 g/mol. The van der Waals surface area contributed by atoms with Crippen molar-refractivity contribution in [2.75, 3.05) is 6.61 Å². The largest absolute Gasteiger partial charge is 0.490 e. The molecule has 3 fully saturated rings. The van der Waals surface area contributed by atoms with Crippen LogP contribution in [0.3, 0.4) is 0 Å². The Morgan fingerprint density at radius 1 is 0.750 bits per heavy atom. The van der Waals surface area contributed by atoms with E-state index in [-0.39, 0.29) is 0 Å². The topological polar surface area (TPSA) is 9.23 Å². The lowest BCUT2D eigenvalue weighted by molar-refractivity contribution is 0.0748. The SMILES string of the molecule is C=CCOc1ccc(C2CCC3CC(C4CCC(C=C)CC4)CCC3C2)cc1. The highest BCUT2D eigenvalue weighted by molar-refractivity contribution is 5.30. The van der Waals surface area contributed by atoms with E-state index in [1.165, 1.54) is 69.8 Å². The van der Waals surface area contributed by atoms with Crippen molar-refractivity contribution in [3.63, 3.8) is 0 Å². The Kier molecular flexibility index (Phi) is 6.60. The van der Waals surface area contributed by atoms with Gasteiger partial charge < -0.3 is 4.74 Å². The molecule has 1 aromatic carbocycles. The molecule has 4 atom stereocenters. The molecule has 1 nitrogen and oxygen atoms in total. The second kappa shape index (κ2) is 9.33. The van der Waals surface area contributed by atoms with E-state index in [1.807, 2.05) is 0 Å². The summed E-state index contributed by atoms with van der Waals surface area (Å²) in [6.45, 7) is 8.32. The molecule has 0 heterocycles. The fourth-order valence-electron chi connectivity index (χ4n) is 6.50. The molecule has 0 saturated heterocycles. The third kappa shape index (κ3) is 4.56. The van der Waals surface area contributed by atoms with Crippen molar-refractivity contribution in [3.8, 4) is 5.75 Å². The predicted molar refractivity (Wildman–Crippen MR) is 119 cm³/mol. The minimum absolute atomic E-state index is 0.586. The second-order valence-electron chi connectivity index (χ2n) is 9.68. The Morgan fingerprint density at radius 3 is 2.04 bits per heavy atom. The molecular weight excluding hydrogens is 340 g/mol. The van der Waals surface area contributed by atoms with Gasteiger partial charge in [0.15, 0.2) is 0 Å². The summed E-state index contributed by atoms with van der Waals surface area (Å²) in [4.78, 5) is 0. The molecule has 4 rings (SSSR count). The first-order valence-electron chi connectivity index (χ1n) is 11.7. The molecule has 1 aromatic rings. The van der Waals surface area contributed by atoms with Crippen LogP contribution < -0.4 is 4.74 Å². The van der Waals surface area contributed by atoms with Crippen molar-refractivity contribution < 1.29 is 4.74 Å². The van der Waals surface area contributed by atoms with Gasteiger partial charge in [0.1, 0.15) is 12.4 Å². The Hall–Kier alpha value is -1.50. The standard InChI is InChI=1S/C27H38O/c1-3-17-28-27-15-13-22(14-16-27)24-10-12-25-18-23(9-11-26(25)19-24)21-7-5-20(4-2)6-8-21/h3-4,13-16,20-21,23-26H,1-2,5-12,17-19H2. The van der Waals surface area contributed by atoms with Gasteiger partial charge in [0, 0.05) is 0 Å². The molecule has 152 valence electrons. The van der Waals surface area contributed by atoms with Gasteiger partial charge in [-0.15, -0.1) is 6.58 Å². The lowest BCUT2D eigenvalue weighted by Gasteiger charge is -2.45. The Morgan fingerprint density at radius 2 is 1.36 bits per heavy atom. The van der Waals surface area contributed by atoms with Gasteiger partial charge in [0.05, 0.1) is 0 Å². The van der Waals surface area contributed by atoms with Crippen LogP contribution in [0.2, 0.25) is 0 Å². The average molecular weight is 379 g/mol. The van der Waals surface area contributed by atoms with Crippen LogP contribution in [0.5, 0.6) is 5.75 Å². The van der Waals surface area contributed by atoms with E-state index in [9.17, 15) is 0 Å². The van der Waals surface area contributed by atoms with Gasteiger partial charge in [-0.05, 0) is 117 Å². The van der Waals surface area contributed by atoms with Gasteiger partial charge in [-0.1, -0.05) is 30.9 Å². The number of ether oxygens (including phenoxy) is 1. The van der Waals surface area contributed by atoms with Crippen molar-refractivity contribution in [1.29, 1.82) is 0 Å². The minimum atomic E-state index is 0.586. The van der Waals surface area contributed by atoms with Crippen LogP contribution in [-0.4, -0.2) is 6.61 Å². The summed E-state index contributed by atoms with van der Waals surface area (Å²) in [7, 11) is 0. The number of allylic oxidation sites excluding steroid dienone is 1. The van der Waals surface area contributed by atoms with Crippen LogP contribution in [0.15, 0.2) is 49.6 Å². The summed E-state index contributed by atoms with van der Waals surface area (Å²) < 4.78 is 5.64. The molecule has 28 heavy (non-hydrogen) atoms. The molecule has 0 spiro atoms. The Balaban J connectivity index is 1.29. The van der Waals surface area contributed by atoms with Crippen molar-refractivity contribution in [3.05, 3.63) is 55.1 Å². The van der Waals surface area contributed by atoms with Crippen molar-refractivity contribution in [2.45, 2.75) is 70.1 Å². The van der Waals surface area contributed by atoms with E-state index >= 15 is 0 Å². The first kappa shape index (κ1) is 19.8. The van der Waals surface area contributed by atoms with E-state index in [0.29, 0.717) is 6.61 Å². The smallest absolute Gasteiger partial charge is 0.119 e. The van der Waals surface area contributed by atoms with E-state index in [0.717, 1.165) is 41.3 Å². The summed E-state index contributed by atoms with van der Waals surface area (Å²) in [5, 5.41) is 0.